The van der Waals surface area contributed by atoms with Gasteiger partial charge >= 0.3 is 35.8 Å². The number of hydrogen-bond acceptors (Lipinski definition) is 14. The fourth-order valence-corrected chi connectivity index (χ4v) is 4.97. The van der Waals surface area contributed by atoms with Crippen molar-refractivity contribution in [1.29, 1.82) is 0 Å². The normalized spacial score (nSPS) is 27.8. The first-order valence-corrected chi connectivity index (χ1v) is 15.3. The van der Waals surface area contributed by atoms with Crippen molar-refractivity contribution in [1.82, 2.24) is 0 Å². The van der Waals surface area contributed by atoms with E-state index in [0.717, 1.165) is 6.08 Å². The smallest absolute Gasteiger partial charge is 0.348 e. The van der Waals surface area contributed by atoms with Gasteiger partial charge in [-0.2, -0.15) is 0 Å². The fraction of sp³-hybridized carbons (Fsp3) is 0.412. The van der Waals surface area contributed by atoms with E-state index in [1.807, 2.05) is 13.8 Å². The van der Waals surface area contributed by atoms with Crippen LogP contribution in [-0.4, -0.2) is 64.9 Å². The zero-order valence-electron chi connectivity index (χ0n) is 26.7. The van der Waals surface area contributed by atoms with Gasteiger partial charge < -0.3 is 38.3 Å². The van der Waals surface area contributed by atoms with E-state index in [2.05, 4.69) is 0 Å². The largest absolute Gasteiger partial charge is 0.480 e. The Morgan fingerprint density at radius 3 is 1.69 bits per heavy atom. The molecule has 0 aromatic carbocycles. The van der Waals surface area contributed by atoms with Gasteiger partial charge in [-0.1, -0.05) is 49.5 Å². The number of aliphatic hydroxyl groups excluding tert-OH is 1. The monoisotopic (exact) mass is 668 g/mol. The van der Waals surface area contributed by atoms with E-state index in [-0.39, 0.29) is 56.3 Å². The van der Waals surface area contributed by atoms with Crippen LogP contribution in [0.15, 0.2) is 83.4 Å². The van der Waals surface area contributed by atoms with Crippen molar-refractivity contribution in [2.45, 2.75) is 83.1 Å². The maximum Gasteiger partial charge on any atom is 0.348 e. The zero-order valence-corrected chi connectivity index (χ0v) is 26.7. The third-order valence-electron chi connectivity index (χ3n) is 7.52. The molecule has 2 spiro atoms. The minimum atomic E-state index is -1.62. The average molecular weight is 669 g/mol. The molecule has 14 heteroatoms. The minimum absolute atomic E-state index is 0.0426. The highest BCUT2D eigenvalue weighted by Gasteiger charge is 2.56. The van der Waals surface area contributed by atoms with E-state index in [9.17, 15) is 33.9 Å². The van der Waals surface area contributed by atoms with Crippen molar-refractivity contribution < 1.29 is 67.0 Å². The van der Waals surface area contributed by atoms with E-state index in [4.69, 9.17) is 33.2 Å². The Morgan fingerprint density at radius 2 is 1.23 bits per heavy atom. The van der Waals surface area contributed by atoms with Crippen molar-refractivity contribution in [2.24, 2.45) is 0 Å². The highest BCUT2D eigenvalue weighted by atomic mass is 16.8. The lowest BCUT2D eigenvalue weighted by atomic mass is 9.87. The Balaban J connectivity index is 1.31. The first-order chi connectivity index (χ1) is 22.8. The molecule has 4 aliphatic rings. The molecular weight excluding hydrogens is 632 g/mol. The maximum absolute atomic E-state index is 12.8. The van der Waals surface area contributed by atoms with E-state index in [1.54, 1.807) is 18.2 Å². The van der Waals surface area contributed by atoms with Crippen molar-refractivity contribution >= 4 is 35.8 Å². The van der Waals surface area contributed by atoms with Gasteiger partial charge in [-0.05, 0) is 31.6 Å². The summed E-state index contributed by atoms with van der Waals surface area (Å²) in [6.45, 7) is 5.33. The Hall–Kier alpha value is -5.40. The number of aliphatic hydroxyl groups is 1. The molecular formula is C34H36O14. The molecule has 2 saturated heterocycles. The number of allylic oxidation sites excluding steroid dienone is 9. The predicted molar refractivity (Wildman–Crippen MR) is 162 cm³/mol. The van der Waals surface area contributed by atoms with E-state index in [0.29, 0.717) is 6.42 Å². The number of hydrogen-bond donors (Lipinski definition) is 1. The Kier molecular flexibility index (Phi) is 11.1. The maximum atomic E-state index is 12.8. The summed E-state index contributed by atoms with van der Waals surface area (Å²) < 4.78 is 37.5. The SMILES string of the molecule is CC=CC=CC=C1C(=O)OC2(CCC3(CC2)OC(=O)C(=CC=CC=CC2=C(O)OC(C)(CCC(=O)OCCC)OC2=O)C(=O)O3)OC1=O. The van der Waals surface area contributed by atoms with Gasteiger partial charge in [0, 0.05) is 39.0 Å². The van der Waals surface area contributed by atoms with Gasteiger partial charge in [0.2, 0.25) is 0 Å². The summed E-state index contributed by atoms with van der Waals surface area (Å²) in [6.07, 6.45) is 14.4. The van der Waals surface area contributed by atoms with Crippen molar-refractivity contribution in [3.63, 3.8) is 0 Å². The molecule has 14 nitrogen and oxygen atoms in total. The van der Waals surface area contributed by atoms with Crippen LogP contribution in [0.3, 0.4) is 0 Å². The summed E-state index contributed by atoms with van der Waals surface area (Å²) >= 11 is 0. The molecule has 4 rings (SSSR count). The third-order valence-corrected chi connectivity index (χ3v) is 7.52. The molecule has 1 aliphatic carbocycles. The Bertz CT molecular complexity index is 1520. The number of cyclic esters (lactones) is 1. The second kappa shape index (κ2) is 15.0. The van der Waals surface area contributed by atoms with Crippen molar-refractivity contribution in [3.05, 3.63) is 83.4 Å². The lowest BCUT2D eigenvalue weighted by Crippen LogP contribution is -2.56. The molecule has 1 N–H and O–H groups in total. The number of esters is 6. The lowest BCUT2D eigenvalue weighted by Gasteiger charge is -2.45. The van der Waals surface area contributed by atoms with Gasteiger partial charge in [-0.3, -0.25) is 4.79 Å². The van der Waals surface area contributed by atoms with Crippen LogP contribution in [0.1, 0.15) is 65.7 Å². The van der Waals surface area contributed by atoms with Gasteiger partial charge in [-0.15, -0.1) is 0 Å². The average Bonchev–Trinajstić information content (AvgIpc) is 3.02. The first kappa shape index (κ1) is 35.5. The van der Waals surface area contributed by atoms with Crippen LogP contribution in [0.25, 0.3) is 0 Å². The molecule has 1 saturated carbocycles. The minimum Gasteiger partial charge on any atom is -0.480 e. The molecule has 3 fully saturated rings. The summed E-state index contributed by atoms with van der Waals surface area (Å²) in [5.41, 5.74) is -0.969. The van der Waals surface area contributed by atoms with Gasteiger partial charge in [0.15, 0.2) is 0 Å². The highest BCUT2D eigenvalue weighted by molar-refractivity contribution is 6.16. The van der Waals surface area contributed by atoms with E-state index < -0.39 is 64.7 Å². The van der Waals surface area contributed by atoms with Crippen LogP contribution in [0.2, 0.25) is 0 Å². The summed E-state index contributed by atoms with van der Waals surface area (Å²) in [4.78, 5) is 74.8. The third kappa shape index (κ3) is 8.49. The number of carbonyl (C=O) groups excluding carboxylic acids is 6. The molecule has 0 amide bonds. The number of ether oxygens (including phenoxy) is 7. The van der Waals surface area contributed by atoms with Crippen LogP contribution in [0.4, 0.5) is 0 Å². The van der Waals surface area contributed by atoms with Gasteiger partial charge in [0.1, 0.15) is 16.7 Å². The molecule has 0 radical (unpaired) electrons. The molecule has 3 heterocycles. The standard InChI is InChI=1S/C34H36O14/c1-4-6-7-9-12-23-28(38)45-33(46-29(23)39)17-19-34(20-18-33)47-30(40)24(31(41)48-34)14-11-8-10-13-22-26(36)43-32(3,44-27(22)37)16-15-25(35)42-21-5-2/h4,6-14,36H,5,15-21H2,1-3H3. The van der Waals surface area contributed by atoms with Crippen molar-refractivity contribution in [3.8, 4) is 0 Å². The van der Waals surface area contributed by atoms with Gasteiger partial charge in [0.05, 0.1) is 13.0 Å². The summed E-state index contributed by atoms with van der Waals surface area (Å²) in [5.74, 6) is -10.5. The van der Waals surface area contributed by atoms with Gasteiger partial charge in [0.25, 0.3) is 23.3 Å². The molecule has 1 atom stereocenters. The Labute approximate surface area is 275 Å². The second-order valence-electron chi connectivity index (χ2n) is 11.3. The topological polar surface area (TPSA) is 187 Å². The predicted octanol–water partition coefficient (Wildman–Crippen LogP) is 4.04. The van der Waals surface area contributed by atoms with Crippen LogP contribution in [0.5, 0.6) is 0 Å². The molecule has 0 aromatic rings. The van der Waals surface area contributed by atoms with Crippen LogP contribution in [-0.2, 0) is 61.9 Å². The summed E-state index contributed by atoms with van der Waals surface area (Å²) in [7, 11) is 0. The number of rotatable bonds is 10. The van der Waals surface area contributed by atoms with E-state index >= 15 is 0 Å². The molecule has 0 aromatic heterocycles. The fourth-order valence-electron chi connectivity index (χ4n) is 4.97. The summed E-state index contributed by atoms with van der Waals surface area (Å²) in [6, 6.07) is 0. The molecule has 3 aliphatic heterocycles. The highest BCUT2D eigenvalue weighted by Crippen LogP contribution is 2.45. The van der Waals surface area contributed by atoms with Gasteiger partial charge in [-0.25, -0.2) is 24.0 Å². The van der Waals surface area contributed by atoms with E-state index in [1.165, 1.54) is 43.4 Å². The van der Waals surface area contributed by atoms with Crippen LogP contribution in [0, 0.1) is 0 Å². The quantitative estimate of drug-likeness (QED) is 0.115. The van der Waals surface area contributed by atoms with Crippen LogP contribution >= 0.6 is 0 Å². The lowest BCUT2D eigenvalue weighted by molar-refractivity contribution is -0.291. The van der Waals surface area contributed by atoms with Crippen LogP contribution < -0.4 is 0 Å². The first-order valence-electron chi connectivity index (χ1n) is 15.3. The molecule has 256 valence electrons. The molecule has 0 bridgehead atoms. The van der Waals surface area contributed by atoms with Crippen molar-refractivity contribution in [2.75, 3.05) is 6.61 Å². The Morgan fingerprint density at radius 1 is 0.729 bits per heavy atom. The molecule has 1 unspecified atom stereocenters. The second-order valence-corrected chi connectivity index (χ2v) is 11.3. The zero-order chi connectivity index (χ0) is 35.0. The summed E-state index contributed by atoms with van der Waals surface area (Å²) in [5, 5.41) is 10.3. The molecule has 48 heavy (non-hydrogen) atoms. The number of carbonyl (C=O) groups is 6.